The number of hydrogen-bond donors (Lipinski definition) is 1. The summed E-state index contributed by atoms with van der Waals surface area (Å²) in [5.41, 5.74) is 3.85. The van der Waals surface area contributed by atoms with E-state index in [1.54, 1.807) is 36.4 Å². The molecule has 0 aliphatic carbocycles. The number of benzene rings is 3. The van der Waals surface area contributed by atoms with Crippen LogP contribution in [0.1, 0.15) is 47.8 Å². The van der Waals surface area contributed by atoms with Crippen molar-refractivity contribution in [2.24, 2.45) is 0 Å². The summed E-state index contributed by atoms with van der Waals surface area (Å²) in [6.07, 6.45) is 0.240. The normalized spacial score (nSPS) is 11.2. The number of nitrogens with one attached hydrogen (secondary N) is 1. The van der Waals surface area contributed by atoms with Crippen LogP contribution in [0.15, 0.2) is 72.8 Å². The second-order valence-corrected chi connectivity index (χ2v) is 8.53. The molecule has 3 aromatic carbocycles. The van der Waals surface area contributed by atoms with Gasteiger partial charge in [0.05, 0.1) is 6.42 Å². The lowest BCUT2D eigenvalue weighted by atomic mass is 9.86. The van der Waals surface area contributed by atoms with Crippen molar-refractivity contribution in [3.05, 3.63) is 100 Å². The quantitative estimate of drug-likeness (QED) is 0.525. The Labute approximate surface area is 176 Å². The van der Waals surface area contributed by atoms with Crippen LogP contribution in [0.5, 0.6) is 0 Å². The molecule has 0 bridgehead atoms. The summed E-state index contributed by atoms with van der Waals surface area (Å²) in [6.45, 7) is 6.42. The van der Waals surface area contributed by atoms with E-state index in [1.807, 2.05) is 36.4 Å². The van der Waals surface area contributed by atoms with Crippen molar-refractivity contribution in [1.29, 1.82) is 0 Å². The zero-order chi connectivity index (χ0) is 21.0. The standard InChI is InChI=1S/C25H24ClNO2/c1-25(2,3)20-11-9-18(10-12-20)24(29)19-5-4-6-22(16-19)27-23(28)15-17-7-13-21(26)14-8-17/h4-14,16H,15H2,1-3H3,(H,27,28). The summed E-state index contributed by atoms with van der Waals surface area (Å²) in [5, 5.41) is 3.49. The van der Waals surface area contributed by atoms with Crippen LogP contribution in [0.3, 0.4) is 0 Å². The van der Waals surface area contributed by atoms with Crippen molar-refractivity contribution in [3.63, 3.8) is 0 Å². The zero-order valence-electron chi connectivity index (χ0n) is 16.8. The van der Waals surface area contributed by atoms with Crippen LogP contribution in [0.25, 0.3) is 0 Å². The van der Waals surface area contributed by atoms with Crippen LogP contribution in [0.2, 0.25) is 5.02 Å². The molecule has 0 radical (unpaired) electrons. The maximum absolute atomic E-state index is 12.8. The van der Waals surface area contributed by atoms with Crippen molar-refractivity contribution >= 4 is 29.0 Å². The average Bonchev–Trinajstić information content (AvgIpc) is 2.69. The van der Waals surface area contributed by atoms with Crippen LogP contribution >= 0.6 is 11.6 Å². The molecule has 3 rings (SSSR count). The van der Waals surface area contributed by atoms with Crippen LogP contribution in [0, 0.1) is 0 Å². The Bertz CT molecular complexity index is 1020. The summed E-state index contributed by atoms with van der Waals surface area (Å²) in [4.78, 5) is 25.2. The summed E-state index contributed by atoms with van der Waals surface area (Å²) in [7, 11) is 0. The Morgan fingerprint density at radius 1 is 0.862 bits per heavy atom. The van der Waals surface area contributed by atoms with Crippen molar-refractivity contribution in [2.75, 3.05) is 5.32 Å². The molecule has 0 unspecified atom stereocenters. The number of carbonyl (C=O) groups excluding carboxylic acids is 2. The van der Waals surface area contributed by atoms with E-state index in [0.29, 0.717) is 21.8 Å². The molecular formula is C25H24ClNO2. The van der Waals surface area contributed by atoms with Gasteiger partial charge in [-0.3, -0.25) is 9.59 Å². The van der Waals surface area contributed by atoms with Gasteiger partial charge >= 0.3 is 0 Å². The maximum atomic E-state index is 12.8. The fraction of sp³-hybridized carbons (Fsp3) is 0.200. The molecule has 0 fully saturated rings. The number of hydrogen-bond acceptors (Lipinski definition) is 2. The van der Waals surface area contributed by atoms with Gasteiger partial charge < -0.3 is 5.32 Å². The summed E-state index contributed by atoms with van der Waals surface area (Å²) >= 11 is 5.87. The third-order valence-electron chi connectivity index (χ3n) is 4.70. The van der Waals surface area contributed by atoms with E-state index in [0.717, 1.165) is 5.56 Å². The third-order valence-corrected chi connectivity index (χ3v) is 4.95. The molecule has 0 aromatic heterocycles. The second kappa shape index (κ2) is 8.62. The fourth-order valence-electron chi connectivity index (χ4n) is 3.02. The van der Waals surface area contributed by atoms with Crippen molar-refractivity contribution in [1.82, 2.24) is 0 Å². The Morgan fingerprint density at radius 2 is 1.52 bits per heavy atom. The first-order chi connectivity index (χ1) is 13.7. The first-order valence-corrected chi connectivity index (χ1v) is 9.90. The number of halogens is 1. The predicted molar refractivity (Wildman–Crippen MR) is 119 cm³/mol. The predicted octanol–water partition coefficient (Wildman–Crippen LogP) is 6.05. The highest BCUT2D eigenvalue weighted by atomic mass is 35.5. The van der Waals surface area contributed by atoms with E-state index in [1.165, 1.54) is 5.56 Å². The van der Waals surface area contributed by atoms with Gasteiger partial charge in [-0.05, 0) is 40.8 Å². The van der Waals surface area contributed by atoms with Gasteiger partial charge in [0.1, 0.15) is 0 Å². The SMILES string of the molecule is CC(C)(C)c1ccc(C(=O)c2cccc(NC(=O)Cc3ccc(Cl)cc3)c2)cc1. The molecule has 1 N–H and O–H groups in total. The molecule has 29 heavy (non-hydrogen) atoms. The third kappa shape index (κ3) is 5.55. The largest absolute Gasteiger partial charge is 0.326 e. The van der Waals surface area contributed by atoms with E-state index >= 15 is 0 Å². The number of anilines is 1. The number of ketones is 1. The lowest BCUT2D eigenvalue weighted by Crippen LogP contribution is -2.15. The molecule has 148 valence electrons. The highest BCUT2D eigenvalue weighted by molar-refractivity contribution is 6.30. The second-order valence-electron chi connectivity index (χ2n) is 8.09. The van der Waals surface area contributed by atoms with Crippen LogP contribution in [-0.2, 0) is 16.6 Å². The van der Waals surface area contributed by atoms with Gasteiger partial charge in [-0.15, -0.1) is 0 Å². The lowest BCUT2D eigenvalue weighted by molar-refractivity contribution is -0.115. The number of carbonyl (C=O) groups is 2. The van der Waals surface area contributed by atoms with Crippen LogP contribution in [-0.4, -0.2) is 11.7 Å². The van der Waals surface area contributed by atoms with Gasteiger partial charge in [-0.1, -0.05) is 80.9 Å². The molecule has 0 spiro atoms. The minimum Gasteiger partial charge on any atom is -0.326 e. The lowest BCUT2D eigenvalue weighted by Gasteiger charge is -2.19. The molecule has 0 heterocycles. The summed E-state index contributed by atoms with van der Waals surface area (Å²) in [6, 6.07) is 21.9. The Morgan fingerprint density at radius 3 is 2.14 bits per heavy atom. The molecule has 3 aromatic rings. The van der Waals surface area contributed by atoms with Crippen molar-refractivity contribution < 1.29 is 9.59 Å². The monoisotopic (exact) mass is 405 g/mol. The Hall–Kier alpha value is -2.91. The number of amides is 1. The highest BCUT2D eigenvalue weighted by Gasteiger charge is 2.15. The van der Waals surface area contributed by atoms with E-state index in [9.17, 15) is 9.59 Å². The first-order valence-electron chi connectivity index (χ1n) is 9.52. The van der Waals surface area contributed by atoms with Gasteiger partial charge in [0.2, 0.25) is 5.91 Å². The average molecular weight is 406 g/mol. The zero-order valence-corrected chi connectivity index (χ0v) is 17.6. The van der Waals surface area contributed by atoms with Gasteiger partial charge in [-0.25, -0.2) is 0 Å². The van der Waals surface area contributed by atoms with Crippen molar-refractivity contribution in [2.45, 2.75) is 32.6 Å². The molecular weight excluding hydrogens is 382 g/mol. The van der Waals surface area contributed by atoms with Gasteiger partial charge in [-0.2, -0.15) is 0 Å². The number of rotatable bonds is 5. The summed E-state index contributed by atoms with van der Waals surface area (Å²) in [5.74, 6) is -0.217. The highest BCUT2D eigenvalue weighted by Crippen LogP contribution is 2.23. The minimum absolute atomic E-state index is 0.0376. The molecule has 3 nitrogen and oxygen atoms in total. The molecule has 1 amide bonds. The molecule has 0 saturated heterocycles. The molecule has 4 heteroatoms. The van der Waals surface area contributed by atoms with Gasteiger partial charge in [0.25, 0.3) is 0 Å². The van der Waals surface area contributed by atoms with Gasteiger partial charge in [0, 0.05) is 21.8 Å². The molecule has 0 aliphatic heterocycles. The van der Waals surface area contributed by atoms with E-state index in [4.69, 9.17) is 11.6 Å². The Kier molecular flexibility index (Phi) is 6.19. The maximum Gasteiger partial charge on any atom is 0.228 e. The van der Waals surface area contributed by atoms with Crippen molar-refractivity contribution in [3.8, 4) is 0 Å². The topological polar surface area (TPSA) is 46.2 Å². The smallest absolute Gasteiger partial charge is 0.228 e. The van der Waals surface area contributed by atoms with E-state index < -0.39 is 0 Å². The van der Waals surface area contributed by atoms with Crippen LogP contribution in [0.4, 0.5) is 5.69 Å². The summed E-state index contributed by atoms with van der Waals surface area (Å²) < 4.78 is 0. The first kappa shape index (κ1) is 20.8. The van der Waals surface area contributed by atoms with Crippen LogP contribution < -0.4 is 5.32 Å². The Balaban J connectivity index is 1.70. The molecule has 0 saturated carbocycles. The molecule has 0 atom stereocenters. The van der Waals surface area contributed by atoms with E-state index in [2.05, 4.69) is 26.1 Å². The van der Waals surface area contributed by atoms with Gasteiger partial charge in [0.15, 0.2) is 5.78 Å². The fourth-order valence-corrected chi connectivity index (χ4v) is 3.15. The molecule has 0 aliphatic rings. The van der Waals surface area contributed by atoms with E-state index in [-0.39, 0.29) is 23.5 Å². The minimum atomic E-state index is -0.147.